The first-order valence-corrected chi connectivity index (χ1v) is 10.6. The predicted molar refractivity (Wildman–Crippen MR) is 118 cm³/mol. The minimum absolute atomic E-state index is 0.159. The standard InChI is InChI=1S/C22H40FN5/c1-7-24-22(26-18(4)11-10-14-28(8-2)9-3)25-16-19-12-13-21(23)20(15-19)17-27(5)6/h12-13,15,18H,7-11,14,16-17H2,1-6H3,(H2,24,25,26). The van der Waals surface area contributed by atoms with Crippen LogP contribution >= 0.6 is 0 Å². The Morgan fingerprint density at radius 3 is 2.50 bits per heavy atom. The SMILES string of the molecule is CCNC(=NCc1ccc(F)c(CN(C)C)c1)NC(C)CCCN(CC)CC. The second-order valence-electron chi connectivity index (χ2n) is 7.57. The molecule has 6 heteroatoms. The van der Waals surface area contributed by atoms with Gasteiger partial charge in [0, 0.05) is 24.7 Å². The molecular formula is C22H40FN5. The van der Waals surface area contributed by atoms with Crippen molar-refractivity contribution in [3.05, 3.63) is 35.1 Å². The zero-order chi connectivity index (χ0) is 20.9. The van der Waals surface area contributed by atoms with Gasteiger partial charge in [0.2, 0.25) is 0 Å². The van der Waals surface area contributed by atoms with Gasteiger partial charge in [0.25, 0.3) is 0 Å². The molecule has 0 fully saturated rings. The van der Waals surface area contributed by atoms with Crippen LogP contribution in [0.5, 0.6) is 0 Å². The smallest absolute Gasteiger partial charge is 0.191 e. The lowest BCUT2D eigenvalue weighted by atomic mass is 10.1. The van der Waals surface area contributed by atoms with Crippen LogP contribution in [0.1, 0.15) is 51.7 Å². The number of hydrogen-bond acceptors (Lipinski definition) is 3. The first kappa shape index (κ1) is 24.4. The molecule has 0 radical (unpaired) electrons. The van der Waals surface area contributed by atoms with Gasteiger partial charge in [-0.1, -0.05) is 19.9 Å². The van der Waals surface area contributed by atoms with Gasteiger partial charge in [-0.05, 0) is 78.1 Å². The van der Waals surface area contributed by atoms with Crippen molar-refractivity contribution >= 4 is 5.96 Å². The van der Waals surface area contributed by atoms with Crippen LogP contribution in [0.25, 0.3) is 0 Å². The summed E-state index contributed by atoms with van der Waals surface area (Å²) in [6, 6.07) is 5.62. The van der Waals surface area contributed by atoms with Crippen LogP contribution in [0.2, 0.25) is 0 Å². The lowest BCUT2D eigenvalue weighted by molar-refractivity contribution is 0.292. The van der Waals surface area contributed by atoms with E-state index in [4.69, 9.17) is 4.99 Å². The Bertz CT molecular complexity index is 584. The lowest BCUT2D eigenvalue weighted by Gasteiger charge is -2.21. The Hall–Kier alpha value is -1.66. The van der Waals surface area contributed by atoms with E-state index in [1.807, 2.05) is 31.1 Å². The Kier molecular flexibility index (Phi) is 11.8. The third-order valence-electron chi connectivity index (χ3n) is 4.75. The average Bonchev–Trinajstić information content (AvgIpc) is 2.65. The summed E-state index contributed by atoms with van der Waals surface area (Å²) < 4.78 is 14.0. The fraction of sp³-hybridized carbons (Fsp3) is 0.682. The average molecular weight is 394 g/mol. The summed E-state index contributed by atoms with van der Waals surface area (Å²) in [6.07, 6.45) is 2.27. The number of nitrogens with zero attached hydrogens (tertiary/aromatic N) is 3. The molecule has 0 aliphatic carbocycles. The van der Waals surface area contributed by atoms with Gasteiger partial charge in [-0.15, -0.1) is 0 Å². The zero-order valence-corrected chi connectivity index (χ0v) is 18.7. The van der Waals surface area contributed by atoms with E-state index < -0.39 is 0 Å². The van der Waals surface area contributed by atoms with E-state index in [1.54, 1.807) is 6.07 Å². The summed E-state index contributed by atoms with van der Waals surface area (Å²) in [7, 11) is 3.89. The molecular weight excluding hydrogens is 353 g/mol. The molecule has 1 unspecified atom stereocenters. The summed E-state index contributed by atoms with van der Waals surface area (Å²) in [5.74, 6) is 0.657. The Morgan fingerprint density at radius 2 is 1.89 bits per heavy atom. The van der Waals surface area contributed by atoms with Crippen LogP contribution in [0.4, 0.5) is 4.39 Å². The van der Waals surface area contributed by atoms with Crippen molar-refractivity contribution in [3.63, 3.8) is 0 Å². The van der Waals surface area contributed by atoms with Gasteiger partial charge in [0.05, 0.1) is 6.54 Å². The Labute approximate surface area is 171 Å². The minimum Gasteiger partial charge on any atom is -0.357 e. The van der Waals surface area contributed by atoms with Crippen molar-refractivity contribution in [2.75, 3.05) is 40.3 Å². The number of halogens is 1. The van der Waals surface area contributed by atoms with E-state index in [2.05, 4.69) is 43.2 Å². The Balaban J connectivity index is 2.63. The van der Waals surface area contributed by atoms with Crippen molar-refractivity contribution in [2.24, 2.45) is 4.99 Å². The molecule has 2 N–H and O–H groups in total. The molecule has 1 aromatic rings. The van der Waals surface area contributed by atoms with Crippen LogP contribution in [0, 0.1) is 5.82 Å². The maximum atomic E-state index is 14.0. The highest BCUT2D eigenvalue weighted by Crippen LogP contribution is 2.13. The van der Waals surface area contributed by atoms with Crippen LogP contribution < -0.4 is 10.6 Å². The molecule has 0 amide bonds. The summed E-state index contributed by atoms with van der Waals surface area (Å²) in [4.78, 5) is 9.12. The van der Waals surface area contributed by atoms with Crippen molar-refractivity contribution < 1.29 is 4.39 Å². The fourth-order valence-corrected chi connectivity index (χ4v) is 3.15. The summed E-state index contributed by atoms with van der Waals surface area (Å²) in [6.45, 7) is 14.0. The van der Waals surface area contributed by atoms with Crippen molar-refractivity contribution in [1.29, 1.82) is 0 Å². The monoisotopic (exact) mass is 393 g/mol. The second kappa shape index (κ2) is 13.5. The molecule has 0 aromatic heterocycles. The predicted octanol–water partition coefficient (Wildman–Crippen LogP) is 3.45. The second-order valence-corrected chi connectivity index (χ2v) is 7.57. The van der Waals surface area contributed by atoms with E-state index in [9.17, 15) is 4.39 Å². The summed E-state index contributed by atoms with van der Waals surface area (Å²) >= 11 is 0. The minimum atomic E-state index is -0.159. The molecule has 0 saturated heterocycles. The van der Waals surface area contributed by atoms with E-state index in [0.29, 0.717) is 24.7 Å². The number of hydrogen-bond donors (Lipinski definition) is 2. The van der Waals surface area contributed by atoms with Gasteiger partial charge in [0.15, 0.2) is 5.96 Å². The van der Waals surface area contributed by atoms with E-state index in [0.717, 1.165) is 44.1 Å². The molecule has 0 spiro atoms. The molecule has 0 heterocycles. The van der Waals surface area contributed by atoms with Crippen LogP contribution in [-0.4, -0.2) is 62.1 Å². The van der Waals surface area contributed by atoms with E-state index in [-0.39, 0.29) is 5.82 Å². The number of rotatable bonds is 12. The molecule has 0 aliphatic heterocycles. The zero-order valence-electron chi connectivity index (χ0n) is 18.7. The van der Waals surface area contributed by atoms with Gasteiger partial charge in [-0.25, -0.2) is 9.38 Å². The number of benzene rings is 1. The lowest BCUT2D eigenvalue weighted by Crippen LogP contribution is -2.42. The van der Waals surface area contributed by atoms with Crippen LogP contribution in [0.3, 0.4) is 0 Å². The maximum absolute atomic E-state index is 14.0. The van der Waals surface area contributed by atoms with Crippen molar-refractivity contribution in [1.82, 2.24) is 20.4 Å². The fourth-order valence-electron chi connectivity index (χ4n) is 3.15. The summed E-state index contributed by atoms with van der Waals surface area (Å²) in [5.41, 5.74) is 1.73. The third kappa shape index (κ3) is 9.51. The van der Waals surface area contributed by atoms with E-state index in [1.165, 1.54) is 6.42 Å². The molecule has 1 aromatic carbocycles. The molecule has 1 rings (SSSR count). The molecule has 5 nitrogen and oxygen atoms in total. The Morgan fingerprint density at radius 1 is 1.18 bits per heavy atom. The molecule has 28 heavy (non-hydrogen) atoms. The third-order valence-corrected chi connectivity index (χ3v) is 4.75. The number of guanidine groups is 1. The largest absolute Gasteiger partial charge is 0.357 e. The number of aliphatic imine (C=N–C) groups is 1. The first-order chi connectivity index (χ1) is 13.4. The van der Waals surface area contributed by atoms with Crippen molar-refractivity contribution in [2.45, 2.75) is 59.7 Å². The van der Waals surface area contributed by atoms with Gasteiger partial charge < -0.3 is 20.4 Å². The highest BCUT2D eigenvalue weighted by Gasteiger charge is 2.08. The normalized spacial score (nSPS) is 13.2. The molecule has 1 atom stereocenters. The van der Waals surface area contributed by atoms with Crippen molar-refractivity contribution in [3.8, 4) is 0 Å². The van der Waals surface area contributed by atoms with Crippen LogP contribution in [-0.2, 0) is 13.1 Å². The molecule has 0 bridgehead atoms. The van der Waals surface area contributed by atoms with E-state index >= 15 is 0 Å². The van der Waals surface area contributed by atoms with Gasteiger partial charge >= 0.3 is 0 Å². The topological polar surface area (TPSA) is 42.9 Å². The quantitative estimate of drug-likeness (QED) is 0.422. The first-order valence-electron chi connectivity index (χ1n) is 10.6. The molecule has 0 saturated carbocycles. The molecule has 0 aliphatic rings. The molecule has 160 valence electrons. The maximum Gasteiger partial charge on any atom is 0.191 e. The van der Waals surface area contributed by atoms with Gasteiger partial charge in [0.1, 0.15) is 5.82 Å². The highest BCUT2D eigenvalue weighted by atomic mass is 19.1. The van der Waals surface area contributed by atoms with Gasteiger partial charge in [-0.2, -0.15) is 0 Å². The highest BCUT2D eigenvalue weighted by molar-refractivity contribution is 5.80. The van der Waals surface area contributed by atoms with Crippen LogP contribution in [0.15, 0.2) is 23.2 Å². The van der Waals surface area contributed by atoms with Gasteiger partial charge in [-0.3, -0.25) is 0 Å². The summed E-state index contributed by atoms with van der Waals surface area (Å²) in [5, 5.41) is 6.80. The number of nitrogens with one attached hydrogen (secondary N) is 2.